The fourth-order valence-electron chi connectivity index (χ4n) is 2.79. The molecule has 0 aliphatic carbocycles. The second-order valence-corrected chi connectivity index (χ2v) is 6.60. The molecule has 0 fully saturated rings. The van der Waals surface area contributed by atoms with Crippen molar-refractivity contribution in [1.29, 1.82) is 0 Å². The largest absolute Gasteiger partial charge is 0.396 e. The predicted molar refractivity (Wildman–Crippen MR) is 104 cm³/mol. The predicted octanol–water partition coefficient (Wildman–Crippen LogP) is 3.07. The van der Waals surface area contributed by atoms with E-state index in [0.29, 0.717) is 18.9 Å². The maximum absolute atomic E-state index is 8.97. The standard InChI is InChI=1S/C20H25N5O/c1-14-15(2)21-20(24(3)4)22-19(14)17-8-5-7-16(13-17)18-9-11-25(23-18)10-6-12-26/h5,7-9,11,13,26H,6,10,12H2,1-4H3. The first-order valence-corrected chi connectivity index (χ1v) is 8.77. The fraction of sp³-hybridized carbons (Fsp3) is 0.350. The van der Waals surface area contributed by atoms with E-state index in [-0.39, 0.29) is 6.61 Å². The van der Waals surface area contributed by atoms with Gasteiger partial charge in [-0.3, -0.25) is 4.68 Å². The quantitative estimate of drug-likeness (QED) is 0.739. The second kappa shape index (κ2) is 7.66. The lowest BCUT2D eigenvalue weighted by molar-refractivity contribution is 0.277. The molecular formula is C20H25N5O. The molecule has 0 saturated carbocycles. The maximum Gasteiger partial charge on any atom is 0.225 e. The summed E-state index contributed by atoms with van der Waals surface area (Å²) in [5.74, 6) is 0.710. The number of aromatic nitrogens is 4. The van der Waals surface area contributed by atoms with Gasteiger partial charge >= 0.3 is 0 Å². The highest BCUT2D eigenvalue weighted by Gasteiger charge is 2.12. The molecule has 3 aromatic rings. The van der Waals surface area contributed by atoms with E-state index in [0.717, 1.165) is 33.8 Å². The Morgan fingerprint density at radius 2 is 1.85 bits per heavy atom. The minimum Gasteiger partial charge on any atom is -0.396 e. The number of rotatable bonds is 6. The van der Waals surface area contributed by atoms with Gasteiger partial charge in [-0.1, -0.05) is 18.2 Å². The average Bonchev–Trinajstić information content (AvgIpc) is 3.11. The molecule has 0 radical (unpaired) electrons. The number of aliphatic hydroxyl groups is 1. The fourth-order valence-corrected chi connectivity index (χ4v) is 2.79. The van der Waals surface area contributed by atoms with Crippen LogP contribution in [0.15, 0.2) is 36.5 Å². The van der Waals surface area contributed by atoms with E-state index in [1.807, 2.05) is 48.9 Å². The van der Waals surface area contributed by atoms with Gasteiger partial charge in [-0.25, -0.2) is 9.97 Å². The Balaban J connectivity index is 1.99. The average molecular weight is 351 g/mol. The first-order chi connectivity index (χ1) is 12.5. The highest BCUT2D eigenvalue weighted by molar-refractivity contribution is 5.72. The third-order valence-corrected chi connectivity index (χ3v) is 4.40. The summed E-state index contributed by atoms with van der Waals surface area (Å²) in [6.45, 7) is 4.96. The van der Waals surface area contributed by atoms with Crippen LogP contribution in [0.25, 0.3) is 22.5 Å². The summed E-state index contributed by atoms with van der Waals surface area (Å²) >= 11 is 0. The molecule has 136 valence electrons. The van der Waals surface area contributed by atoms with Gasteiger partial charge < -0.3 is 10.0 Å². The molecule has 0 amide bonds. The van der Waals surface area contributed by atoms with E-state index in [9.17, 15) is 0 Å². The van der Waals surface area contributed by atoms with Crippen LogP contribution in [-0.4, -0.2) is 45.6 Å². The van der Waals surface area contributed by atoms with Crippen LogP contribution in [0.2, 0.25) is 0 Å². The molecular weight excluding hydrogens is 326 g/mol. The monoisotopic (exact) mass is 351 g/mol. The minimum atomic E-state index is 0.172. The van der Waals surface area contributed by atoms with E-state index in [2.05, 4.69) is 35.2 Å². The van der Waals surface area contributed by atoms with Crippen molar-refractivity contribution in [3.8, 4) is 22.5 Å². The van der Waals surface area contributed by atoms with Gasteiger partial charge in [0.25, 0.3) is 0 Å². The number of hydrogen-bond donors (Lipinski definition) is 1. The van der Waals surface area contributed by atoms with Crippen LogP contribution in [0.1, 0.15) is 17.7 Å². The van der Waals surface area contributed by atoms with Crippen molar-refractivity contribution in [2.75, 3.05) is 25.6 Å². The minimum absolute atomic E-state index is 0.172. The summed E-state index contributed by atoms with van der Waals surface area (Å²) in [7, 11) is 3.90. The Hall–Kier alpha value is -2.73. The van der Waals surface area contributed by atoms with Gasteiger partial charge in [-0.15, -0.1) is 0 Å². The van der Waals surface area contributed by atoms with Crippen LogP contribution < -0.4 is 4.90 Å². The number of nitrogens with zero attached hydrogens (tertiary/aromatic N) is 5. The summed E-state index contributed by atoms with van der Waals surface area (Å²) in [5, 5.41) is 13.6. The lowest BCUT2D eigenvalue weighted by Crippen LogP contribution is -2.14. The SMILES string of the molecule is Cc1nc(N(C)C)nc(-c2cccc(-c3ccn(CCCO)n3)c2)c1C. The lowest BCUT2D eigenvalue weighted by atomic mass is 10.0. The van der Waals surface area contributed by atoms with Crippen molar-refractivity contribution in [3.05, 3.63) is 47.8 Å². The van der Waals surface area contributed by atoms with Crippen molar-refractivity contribution in [2.45, 2.75) is 26.8 Å². The van der Waals surface area contributed by atoms with E-state index in [1.54, 1.807) is 0 Å². The highest BCUT2D eigenvalue weighted by atomic mass is 16.3. The zero-order chi connectivity index (χ0) is 18.7. The molecule has 6 heteroatoms. The third kappa shape index (κ3) is 3.75. The van der Waals surface area contributed by atoms with Crippen molar-refractivity contribution >= 4 is 5.95 Å². The van der Waals surface area contributed by atoms with Gasteiger partial charge in [0, 0.05) is 50.3 Å². The van der Waals surface area contributed by atoms with Gasteiger partial charge in [-0.05, 0) is 38.0 Å². The van der Waals surface area contributed by atoms with Gasteiger partial charge in [0.1, 0.15) is 0 Å². The number of aliphatic hydroxyl groups excluding tert-OH is 1. The topological polar surface area (TPSA) is 67.1 Å². The zero-order valence-electron chi connectivity index (χ0n) is 15.8. The molecule has 0 aliphatic heterocycles. The lowest BCUT2D eigenvalue weighted by Gasteiger charge is -2.15. The van der Waals surface area contributed by atoms with Crippen LogP contribution in [0, 0.1) is 13.8 Å². The highest BCUT2D eigenvalue weighted by Crippen LogP contribution is 2.28. The smallest absolute Gasteiger partial charge is 0.225 e. The number of hydrogen-bond acceptors (Lipinski definition) is 5. The summed E-state index contributed by atoms with van der Waals surface area (Å²) in [6.07, 6.45) is 2.65. The Morgan fingerprint density at radius 1 is 1.08 bits per heavy atom. The van der Waals surface area contributed by atoms with Crippen LogP contribution >= 0.6 is 0 Å². The van der Waals surface area contributed by atoms with Gasteiger partial charge in [0.05, 0.1) is 11.4 Å². The number of anilines is 1. The van der Waals surface area contributed by atoms with Gasteiger partial charge in [0.15, 0.2) is 0 Å². The zero-order valence-corrected chi connectivity index (χ0v) is 15.8. The third-order valence-electron chi connectivity index (χ3n) is 4.40. The summed E-state index contributed by atoms with van der Waals surface area (Å²) < 4.78 is 1.86. The normalized spacial score (nSPS) is 11.0. The van der Waals surface area contributed by atoms with Crippen molar-refractivity contribution < 1.29 is 5.11 Å². The molecule has 0 aliphatic rings. The molecule has 3 rings (SSSR count). The molecule has 0 bridgehead atoms. The Kier molecular flexibility index (Phi) is 5.32. The molecule has 6 nitrogen and oxygen atoms in total. The first kappa shape index (κ1) is 18.1. The second-order valence-electron chi connectivity index (χ2n) is 6.60. The number of benzene rings is 1. The van der Waals surface area contributed by atoms with E-state index in [4.69, 9.17) is 10.1 Å². The maximum atomic E-state index is 8.97. The summed E-state index contributed by atoms with van der Waals surface area (Å²) in [5.41, 5.74) is 6.04. The van der Waals surface area contributed by atoms with Crippen LogP contribution in [-0.2, 0) is 6.54 Å². The number of aryl methyl sites for hydroxylation is 2. The molecule has 0 saturated heterocycles. The molecule has 2 heterocycles. The molecule has 1 N–H and O–H groups in total. The summed E-state index contributed by atoms with van der Waals surface area (Å²) in [6, 6.07) is 10.3. The van der Waals surface area contributed by atoms with Crippen molar-refractivity contribution in [3.63, 3.8) is 0 Å². The van der Waals surface area contributed by atoms with Crippen molar-refractivity contribution in [2.24, 2.45) is 0 Å². The van der Waals surface area contributed by atoms with Crippen LogP contribution in [0.3, 0.4) is 0 Å². The Morgan fingerprint density at radius 3 is 2.58 bits per heavy atom. The molecule has 1 aromatic carbocycles. The first-order valence-electron chi connectivity index (χ1n) is 8.77. The molecule has 2 aromatic heterocycles. The molecule has 0 atom stereocenters. The van der Waals surface area contributed by atoms with Crippen LogP contribution in [0.5, 0.6) is 0 Å². The van der Waals surface area contributed by atoms with E-state index < -0.39 is 0 Å². The van der Waals surface area contributed by atoms with E-state index >= 15 is 0 Å². The van der Waals surface area contributed by atoms with Gasteiger partial charge in [0.2, 0.25) is 5.95 Å². The van der Waals surface area contributed by atoms with Crippen LogP contribution in [0.4, 0.5) is 5.95 Å². The Labute approximate surface area is 154 Å². The van der Waals surface area contributed by atoms with Crippen molar-refractivity contribution in [1.82, 2.24) is 19.7 Å². The molecule has 26 heavy (non-hydrogen) atoms. The summed E-state index contributed by atoms with van der Waals surface area (Å²) in [4.78, 5) is 11.2. The molecule has 0 spiro atoms. The van der Waals surface area contributed by atoms with Gasteiger partial charge in [-0.2, -0.15) is 5.10 Å². The molecule has 0 unspecified atom stereocenters. The van der Waals surface area contributed by atoms with E-state index in [1.165, 1.54) is 0 Å². The Bertz CT molecular complexity index is 901.